The maximum Gasteiger partial charge on any atom is 0.306 e. The maximum atomic E-state index is 13.1. The number of nitro groups is 1. The van der Waals surface area contributed by atoms with Gasteiger partial charge in [0.2, 0.25) is 11.7 Å². The highest BCUT2D eigenvalue weighted by atomic mass is 19.1. The van der Waals surface area contributed by atoms with Crippen LogP contribution in [0.2, 0.25) is 0 Å². The van der Waals surface area contributed by atoms with E-state index in [0.29, 0.717) is 6.42 Å². The third-order valence-corrected chi connectivity index (χ3v) is 3.14. The van der Waals surface area contributed by atoms with E-state index >= 15 is 0 Å². The van der Waals surface area contributed by atoms with Crippen LogP contribution in [-0.4, -0.2) is 23.5 Å². The lowest BCUT2D eigenvalue weighted by molar-refractivity contribution is -0.387. The number of nitrogens with one attached hydrogen (secondary N) is 1. The van der Waals surface area contributed by atoms with Crippen molar-refractivity contribution in [1.82, 2.24) is 0 Å². The summed E-state index contributed by atoms with van der Waals surface area (Å²) in [4.78, 5) is 21.5. The number of anilines is 1. The molecule has 7 heteroatoms. The number of halogens is 1. The molecule has 0 saturated carbocycles. The van der Waals surface area contributed by atoms with Gasteiger partial charge >= 0.3 is 5.69 Å². The molecule has 1 saturated heterocycles. The molecular weight excluding hydrogens is 267 g/mol. The normalized spacial score (nSPS) is 17.9. The molecule has 0 radical (unpaired) electrons. The van der Waals surface area contributed by atoms with Gasteiger partial charge in [0.05, 0.1) is 11.0 Å². The summed E-state index contributed by atoms with van der Waals surface area (Å²) in [5, 5.41) is 13.1. The summed E-state index contributed by atoms with van der Waals surface area (Å²) in [5.41, 5.74) is -0.433. The van der Waals surface area contributed by atoms with Crippen molar-refractivity contribution in [2.45, 2.75) is 31.8 Å². The van der Waals surface area contributed by atoms with Crippen LogP contribution in [-0.2, 0) is 9.53 Å². The summed E-state index contributed by atoms with van der Waals surface area (Å²) < 4.78 is 18.5. The Morgan fingerprint density at radius 1 is 1.55 bits per heavy atom. The standard InChI is InChI=1S/C13H15FN2O4/c14-11-5-3-9(8-12(11)16(18)19)15-13(17)6-4-10-2-1-7-20-10/h3,5,8,10H,1-2,4,6-7H2,(H,15,17)/t10-/m0/s1. The van der Waals surface area contributed by atoms with Gasteiger partial charge in [-0.3, -0.25) is 14.9 Å². The fourth-order valence-electron chi connectivity index (χ4n) is 2.12. The van der Waals surface area contributed by atoms with Crippen LogP contribution in [0.3, 0.4) is 0 Å². The van der Waals surface area contributed by atoms with E-state index in [9.17, 15) is 19.3 Å². The number of hydrogen-bond acceptors (Lipinski definition) is 4. The molecule has 0 unspecified atom stereocenters. The Bertz CT molecular complexity index is 515. The average molecular weight is 282 g/mol. The van der Waals surface area contributed by atoms with Crippen LogP contribution in [0.25, 0.3) is 0 Å². The quantitative estimate of drug-likeness (QED) is 0.665. The number of amides is 1. The van der Waals surface area contributed by atoms with Crippen molar-refractivity contribution in [3.05, 3.63) is 34.1 Å². The minimum atomic E-state index is -0.924. The molecule has 6 nitrogen and oxygen atoms in total. The van der Waals surface area contributed by atoms with Crippen LogP contribution in [0, 0.1) is 15.9 Å². The van der Waals surface area contributed by atoms with Gasteiger partial charge in [-0.15, -0.1) is 0 Å². The number of nitrogens with zero attached hydrogens (tertiary/aromatic N) is 1. The molecule has 1 N–H and O–H groups in total. The second-order valence-electron chi connectivity index (χ2n) is 4.65. The number of carbonyl (C=O) groups is 1. The van der Waals surface area contributed by atoms with Gasteiger partial charge in [0, 0.05) is 24.8 Å². The molecular formula is C13H15FN2O4. The predicted octanol–water partition coefficient (Wildman–Crippen LogP) is 2.63. The van der Waals surface area contributed by atoms with E-state index in [4.69, 9.17) is 4.74 Å². The van der Waals surface area contributed by atoms with E-state index in [1.54, 1.807) is 0 Å². The van der Waals surface area contributed by atoms with Crippen LogP contribution in [0.4, 0.5) is 15.8 Å². The smallest absolute Gasteiger partial charge is 0.306 e. The van der Waals surface area contributed by atoms with Crippen molar-refractivity contribution in [3.8, 4) is 0 Å². The van der Waals surface area contributed by atoms with Gasteiger partial charge in [0.25, 0.3) is 0 Å². The Morgan fingerprint density at radius 2 is 2.35 bits per heavy atom. The summed E-state index contributed by atoms with van der Waals surface area (Å²) in [5.74, 6) is -1.19. The second kappa shape index (κ2) is 6.42. The predicted molar refractivity (Wildman–Crippen MR) is 69.9 cm³/mol. The van der Waals surface area contributed by atoms with E-state index in [2.05, 4.69) is 5.32 Å². The summed E-state index contributed by atoms with van der Waals surface area (Å²) in [6.45, 7) is 0.733. The highest BCUT2D eigenvalue weighted by Crippen LogP contribution is 2.22. The first-order valence-corrected chi connectivity index (χ1v) is 6.41. The van der Waals surface area contributed by atoms with E-state index < -0.39 is 16.4 Å². The lowest BCUT2D eigenvalue weighted by atomic mass is 10.1. The fourth-order valence-corrected chi connectivity index (χ4v) is 2.12. The number of carbonyl (C=O) groups excluding carboxylic acids is 1. The highest BCUT2D eigenvalue weighted by Gasteiger charge is 2.18. The molecule has 1 fully saturated rings. The van der Waals surface area contributed by atoms with Crippen LogP contribution in [0.1, 0.15) is 25.7 Å². The van der Waals surface area contributed by atoms with Crippen molar-refractivity contribution < 1.29 is 18.8 Å². The molecule has 0 aromatic heterocycles. The molecule has 108 valence electrons. The largest absolute Gasteiger partial charge is 0.378 e. The number of benzene rings is 1. The van der Waals surface area contributed by atoms with Gasteiger partial charge in [-0.1, -0.05) is 0 Å². The van der Waals surface area contributed by atoms with E-state index in [1.807, 2.05) is 0 Å². The minimum Gasteiger partial charge on any atom is -0.378 e. The molecule has 0 spiro atoms. The van der Waals surface area contributed by atoms with Gasteiger partial charge in [0.1, 0.15) is 0 Å². The SMILES string of the molecule is O=C(CC[C@@H]1CCCO1)Nc1ccc(F)c([N+](=O)[O-])c1. The average Bonchev–Trinajstić information content (AvgIpc) is 2.91. The van der Waals surface area contributed by atoms with E-state index in [0.717, 1.165) is 31.6 Å². The Hall–Kier alpha value is -2.02. The highest BCUT2D eigenvalue weighted by molar-refractivity contribution is 5.91. The first-order chi connectivity index (χ1) is 9.56. The Balaban J connectivity index is 1.90. The van der Waals surface area contributed by atoms with Crippen molar-refractivity contribution >= 4 is 17.3 Å². The van der Waals surface area contributed by atoms with Crippen LogP contribution >= 0.6 is 0 Å². The van der Waals surface area contributed by atoms with E-state index in [1.165, 1.54) is 6.07 Å². The zero-order valence-corrected chi connectivity index (χ0v) is 10.8. The van der Waals surface area contributed by atoms with Crippen molar-refractivity contribution in [2.75, 3.05) is 11.9 Å². The van der Waals surface area contributed by atoms with Crippen LogP contribution in [0.15, 0.2) is 18.2 Å². The first-order valence-electron chi connectivity index (χ1n) is 6.41. The Morgan fingerprint density at radius 3 is 3.00 bits per heavy atom. The molecule has 1 aromatic carbocycles. The minimum absolute atomic E-state index is 0.114. The Kier molecular flexibility index (Phi) is 4.62. The summed E-state index contributed by atoms with van der Waals surface area (Å²) >= 11 is 0. The van der Waals surface area contributed by atoms with Gasteiger partial charge in [-0.05, 0) is 31.4 Å². The molecule has 1 atom stereocenters. The molecule has 2 rings (SSSR count). The monoisotopic (exact) mass is 282 g/mol. The lowest BCUT2D eigenvalue weighted by Gasteiger charge is -2.09. The third kappa shape index (κ3) is 3.74. The van der Waals surface area contributed by atoms with Crippen molar-refractivity contribution in [2.24, 2.45) is 0 Å². The number of nitro benzene ring substituents is 1. The van der Waals surface area contributed by atoms with Crippen molar-refractivity contribution in [1.29, 1.82) is 0 Å². The first kappa shape index (κ1) is 14.4. The summed E-state index contributed by atoms with van der Waals surface area (Å²) in [7, 11) is 0. The lowest BCUT2D eigenvalue weighted by Crippen LogP contribution is -2.15. The summed E-state index contributed by atoms with van der Waals surface area (Å²) in [6.07, 6.45) is 2.97. The van der Waals surface area contributed by atoms with Crippen molar-refractivity contribution in [3.63, 3.8) is 0 Å². The van der Waals surface area contributed by atoms with Gasteiger partial charge in [-0.2, -0.15) is 4.39 Å². The van der Waals surface area contributed by atoms with Gasteiger partial charge in [-0.25, -0.2) is 0 Å². The molecule has 20 heavy (non-hydrogen) atoms. The Labute approximate surface area is 115 Å². The maximum absolute atomic E-state index is 13.1. The van der Waals surface area contributed by atoms with E-state index in [-0.39, 0.29) is 24.1 Å². The molecule has 1 aliphatic rings. The van der Waals surface area contributed by atoms with Gasteiger partial charge < -0.3 is 10.1 Å². The fraction of sp³-hybridized carbons (Fsp3) is 0.462. The second-order valence-corrected chi connectivity index (χ2v) is 4.65. The molecule has 1 heterocycles. The summed E-state index contributed by atoms with van der Waals surface area (Å²) in [6, 6.07) is 3.28. The van der Waals surface area contributed by atoms with Gasteiger partial charge in [0.15, 0.2) is 0 Å². The number of rotatable bonds is 5. The molecule has 1 amide bonds. The van der Waals surface area contributed by atoms with Crippen LogP contribution < -0.4 is 5.32 Å². The third-order valence-electron chi connectivity index (χ3n) is 3.14. The molecule has 0 aliphatic carbocycles. The zero-order valence-electron chi connectivity index (χ0n) is 10.8. The van der Waals surface area contributed by atoms with Crippen LogP contribution in [0.5, 0.6) is 0 Å². The number of ether oxygens (including phenoxy) is 1. The molecule has 1 aliphatic heterocycles. The molecule has 1 aromatic rings. The number of hydrogen-bond donors (Lipinski definition) is 1. The zero-order chi connectivity index (χ0) is 14.5. The topological polar surface area (TPSA) is 81.5 Å². The molecule has 0 bridgehead atoms.